The number of hydrogen-bond acceptors (Lipinski definition) is 6. The van der Waals surface area contributed by atoms with Gasteiger partial charge >= 0.3 is 12.1 Å². The summed E-state index contributed by atoms with van der Waals surface area (Å²) in [5, 5.41) is 5.12. The average molecular weight is 362 g/mol. The molecule has 9 heteroatoms. The number of ether oxygens (including phenoxy) is 1. The van der Waals surface area contributed by atoms with Gasteiger partial charge in [0, 0.05) is 5.75 Å². The van der Waals surface area contributed by atoms with E-state index >= 15 is 0 Å². The minimum Gasteiger partial charge on any atom is -0.447 e. The van der Waals surface area contributed by atoms with Gasteiger partial charge < -0.3 is 10.1 Å². The van der Waals surface area contributed by atoms with E-state index in [4.69, 9.17) is 4.74 Å². The topological polar surface area (TPSA) is 102 Å². The van der Waals surface area contributed by atoms with Crippen molar-refractivity contribution in [1.82, 2.24) is 14.9 Å². The van der Waals surface area contributed by atoms with Crippen LogP contribution in [0, 0.1) is 0 Å². The Bertz CT molecular complexity index is 833. The number of aromatic nitrogens is 2. The molecule has 132 valence electrons. The van der Waals surface area contributed by atoms with Crippen LogP contribution in [0.2, 0.25) is 0 Å². The van der Waals surface area contributed by atoms with Gasteiger partial charge in [-0.25, -0.2) is 19.1 Å². The maximum Gasteiger partial charge on any atom is 0.414 e. The van der Waals surface area contributed by atoms with Crippen LogP contribution in [-0.4, -0.2) is 44.7 Å². The molecule has 2 amide bonds. The number of nitrogens with zero attached hydrogens (tertiary/aromatic N) is 2. The number of rotatable bonds is 3. The van der Waals surface area contributed by atoms with Crippen LogP contribution in [0.15, 0.2) is 24.3 Å². The van der Waals surface area contributed by atoms with E-state index in [9.17, 15) is 14.4 Å². The van der Waals surface area contributed by atoms with E-state index < -0.39 is 18.2 Å². The minimum atomic E-state index is -0.702. The molecular formula is C16H18N4O4S. The lowest BCUT2D eigenvalue weighted by molar-refractivity contribution is -0.112. The normalized spacial score (nSPS) is 17.1. The highest BCUT2D eigenvalue weighted by atomic mass is 32.2. The van der Waals surface area contributed by atoms with E-state index in [0.29, 0.717) is 23.2 Å². The molecule has 2 N–H and O–H groups in total. The van der Waals surface area contributed by atoms with Gasteiger partial charge in [-0.2, -0.15) is 0 Å². The van der Waals surface area contributed by atoms with Crippen molar-refractivity contribution in [3.05, 3.63) is 24.3 Å². The molecule has 1 aromatic heterocycles. The Morgan fingerprint density at radius 2 is 2.12 bits per heavy atom. The lowest BCUT2D eigenvalue weighted by atomic mass is 10.2. The van der Waals surface area contributed by atoms with Crippen LogP contribution in [0.1, 0.15) is 20.3 Å². The van der Waals surface area contributed by atoms with Gasteiger partial charge in [0.25, 0.3) is 0 Å². The van der Waals surface area contributed by atoms with Gasteiger partial charge in [-0.15, -0.1) is 0 Å². The Balaban J connectivity index is 1.91. The summed E-state index contributed by atoms with van der Waals surface area (Å²) >= 11 is 1.20. The summed E-state index contributed by atoms with van der Waals surface area (Å²) in [5.41, 5.74) is 1.07. The van der Waals surface area contributed by atoms with E-state index in [2.05, 4.69) is 15.6 Å². The third-order valence-electron chi connectivity index (χ3n) is 3.55. The minimum absolute atomic E-state index is 0.0439. The van der Waals surface area contributed by atoms with E-state index in [1.54, 1.807) is 38.1 Å². The van der Waals surface area contributed by atoms with Gasteiger partial charge in [-0.1, -0.05) is 23.9 Å². The summed E-state index contributed by atoms with van der Waals surface area (Å²) in [6, 6.07) is 5.94. The first-order valence-electron chi connectivity index (χ1n) is 7.88. The molecule has 1 atom stereocenters. The summed E-state index contributed by atoms with van der Waals surface area (Å²) in [6.07, 6.45) is -0.424. The number of amides is 2. The summed E-state index contributed by atoms with van der Waals surface area (Å²) < 4.78 is 6.29. The first kappa shape index (κ1) is 17.3. The first-order chi connectivity index (χ1) is 12.0. The van der Waals surface area contributed by atoms with Crippen LogP contribution >= 0.6 is 11.8 Å². The quantitative estimate of drug-likeness (QED) is 0.870. The lowest BCUT2D eigenvalue weighted by Gasteiger charge is -2.14. The highest BCUT2D eigenvalue weighted by Crippen LogP contribution is 2.22. The predicted octanol–water partition coefficient (Wildman–Crippen LogP) is 2.58. The maximum atomic E-state index is 12.7. The molecule has 1 saturated heterocycles. The van der Waals surface area contributed by atoms with Gasteiger partial charge in [0.1, 0.15) is 6.04 Å². The van der Waals surface area contributed by atoms with E-state index in [0.717, 1.165) is 0 Å². The standard InChI is InChI=1S/C16H18N4O4S/c1-9(2)24-16(23)19-14-17-10-5-3-4-6-12(10)20(14)15(22)18-11-7-8-25-13(11)21/h3-6,9,11H,7-8H2,1-2H3,(H,18,22)(H,17,19,23). The molecule has 0 spiro atoms. The van der Waals surface area contributed by atoms with Crippen molar-refractivity contribution in [2.24, 2.45) is 0 Å². The summed E-state index contributed by atoms with van der Waals surface area (Å²) in [4.78, 5) is 40.6. The number of benzene rings is 1. The zero-order valence-electron chi connectivity index (χ0n) is 13.8. The monoisotopic (exact) mass is 362 g/mol. The molecule has 2 heterocycles. The predicted molar refractivity (Wildman–Crippen MR) is 94.8 cm³/mol. The molecule has 0 saturated carbocycles. The second-order valence-electron chi connectivity index (χ2n) is 5.80. The van der Waals surface area contributed by atoms with Crippen molar-refractivity contribution in [2.45, 2.75) is 32.4 Å². The molecule has 1 aromatic carbocycles. The van der Waals surface area contributed by atoms with Crippen LogP contribution < -0.4 is 10.6 Å². The Morgan fingerprint density at radius 1 is 1.36 bits per heavy atom. The zero-order valence-corrected chi connectivity index (χ0v) is 14.6. The van der Waals surface area contributed by atoms with Crippen LogP contribution in [0.25, 0.3) is 11.0 Å². The third-order valence-corrected chi connectivity index (χ3v) is 4.56. The van der Waals surface area contributed by atoms with Crippen molar-refractivity contribution in [3.8, 4) is 0 Å². The van der Waals surface area contributed by atoms with Crippen molar-refractivity contribution in [1.29, 1.82) is 0 Å². The van der Waals surface area contributed by atoms with E-state index in [-0.39, 0.29) is 17.2 Å². The number of nitrogens with one attached hydrogen (secondary N) is 2. The van der Waals surface area contributed by atoms with Crippen molar-refractivity contribution in [2.75, 3.05) is 11.1 Å². The Hall–Kier alpha value is -2.55. The number of anilines is 1. The second kappa shape index (κ2) is 7.14. The molecule has 2 aromatic rings. The fourth-order valence-corrected chi connectivity index (χ4v) is 3.42. The lowest BCUT2D eigenvalue weighted by Crippen LogP contribution is -2.40. The van der Waals surface area contributed by atoms with E-state index in [1.165, 1.54) is 16.3 Å². The molecule has 25 heavy (non-hydrogen) atoms. The molecule has 1 unspecified atom stereocenters. The van der Waals surface area contributed by atoms with Gasteiger partial charge in [-0.3, -0.25) is 10.1 Å². The summed E-state index contributed by atoms with van der Waals surface area (Å²) in [6.45, 7) is 3.44. The summed E-state index contributed by atoms with van der Waals surface area (Å²) in [7, 11) is 0. The van der Waals surface area contributed by atoms with Crippen molar-refractivity contribution in [3.63, 3.8) is 0 Å². The SMILES string of the molecule is CC(C)OC(=O)Nc1nc2ccccc2n1C(=O)NC1CCSC1=O. The van der Waals surface area contributed by atoms with Crippen LogP contribution in [0.5, 0.6) is 0 Å². The molecule has 1 fully saturated rings. The Morgan fingerprint density at radius 3 is 2.80 bits per heavy atom. The van der Waals surface area contributed by atoms with Crippen LogP contribution in [-0.2, 0) is 9.53 Å². The Kier molecular flexibility index (Phi) is 4.93. The number of para-hydroxylation sites is 2. The van der Waals surface area contributed by atoms with Crippen molar-refractivity contribution >= 4 is 46.0 Å². The molecule has 0 aliphatic carbocycles. The van der Waals surface area contributed by atoms with Crippen LogP contribution in [0.3, 0.4) is 0 Å². The van der Waals surface area contributed by atoms with Gasteiger partial charge in [0.2, 0.25) is 11.1 Å². The van der Waals surface area contributed by atoms with Gasteiger partial charge in [-0.05, 0) is 32.4 Å². The number of fused-ring (bicyclic) bond motifs is 1. The molecule has 3 rings (SSSR count). The smallest absolute Gasteiger partial charge is 0.414 e. The molecule has 1 aliphatic heterocycles. The molecule has 0 bridgehead atoms. The number of thioether (sulfide) groups is 1. The number of carbonyl (C=O) groups excluding carboxylic acids is 3. The van der Waals surface area contributed by atoms with Gasteiger partial charge in [0.05, 0.1) is 17.1 Å². The highest BCUT2D eigenvalue weighted by molar-refractivity contribution is 8.14. The molecule has 0 radical (unpaired) electrons. The second-order valence-corrected chi connectivity index (χ2v) is 6.90. The zero-order chi connectivity index (χ0) is 18.0. The Labute approximate surface area is 148 Å². The fourth-order valence-electron chi connectivity index (χ4n) is 2.49. The highest BCUT2D eigenvalue weighted by Gasteiger charge is 2.29. The number of hydrogen-bond donors (Lipinski definition) is 2. The van der Waals surface area contributed by atoms with Crippen LogP contribution in [0.4, 0.5) is 15.5 Å². The first-order valence-corrected chi connectivity index (χ1v) is 8.87. The largest absolute Gasteiger partial charge is 0.447 e. The molecule has 8 nitrogen and oxygen atoms in total. The van der Waals surface area contributed by atoms with Gasteiger partial charge in [0.15, 0.2) is 0 Å². The van der Waals surface area contributed by atoms with E-state index in [1.807, 2.05) is 0 Å². The maximum absolute atomic E-state index is 12.7. The molecular weight excluding hydrogens is 344 g/mol. The number of carbonyl (C=O) groups is 3. The fraction of sp³-hybridized carbons (Fsp3) is 0.375. The summed E-state index contributed by atoms with van der Waals surface area (Å²) in [5.74, 6) is 0.725. The number of imidazole rings is 1. The van der Waals surface area contributed by atoms with Crippen molar-refractivity contribution < 1.29 is 19.1 Å². The molecule has 1 aliphatic rings. The third kappa shape index (κ3) is 3.76. The average Bonchev–Trinajstić information content (AvgIpc) is 3.09.